The van der Waals surface area contributed by atoms with Gasteiger partial charge in [0.15, 0.2) is 0 Å². The van der Waals surface area contributed by atoms with Crippen LogP contribution in [0.15, 0.2) is 12.2 Å². The SMILES string of the molecule is C=C(C)CNCC(C)O. The summed E-state index contributed by atoms with van der Waals surface area (Å²) in [6, 6.07) is 0. The average Bonchev–Trinajstić information content (AvgIpc) is 1.63. The third kappa shape index (κ3) is 7.66. The molecule has 1 unspecified atom stereocenters. The number of rotatable bonds is 4. The molecule has 0 aromatic heterocycles. The van der Waals surface area contributed by atoms with E-state index < -0.39 is 0 Å². The molecule has 0 spiro atoms. The van der Waals surface area contributed by atoms with Gasteiger partial charge in [0, 0.05) is 13.1 Å². The Bertz CT molecular complexity index is 88.9. The van der Waals surface area contributed by atoms with Crippen molar-refractivity contribution in [2.45, 2.75) is 20.0 Å². The molecule has 0 aromatic carbocycles. The maximum absolute atomic E-state index is 8.77. The van der Waals surface area contributed by atoms with Gasteiger partial charge in [-0.2, -0.15) is 0 Å². The Labute approximate surface area is 56.6 Å². The molecule has 0 amide bonds. The Balaban J connectivity index is 3.01. The van der Waals surface area contributed by atoms with Crippen molar-refractivity contribution in [3.8, 4) is 0 Å². The van der Waals surface area contributed by atoms with Crippen molar-refractivity contribution in [3.05, 3.63) is 12.2 Å². The van der Waals surface area contributed by atoms with Crippen LogP contribution in [0, 0.1) is 0 Å². The lowest BCUT2D eigenvalue weighted by molar-refractivity contribution is 0.192. The summed E-state index contributed by atoms with van der Waals surface area (Å²) < 4.78 is 0. The molecule has 0 aliphatic rings. The minimum absolute atomic E-state index is 0.260. The van der Waals surface area contributed by atoms with Gasteiger partial charge >= 0.3 is 0 Å². The fourth-order valence-corrected chi connectivity index (χ4v) is 0.494. The molecule has 0 bridgehead atoms. The van der Waals surface area contributed by atoms with Crippen LogP contribution in [0.5, 0.6) is 0 Å². The predicted molar refractivity (Wildman–Crippen MR) is 39.4 cm³/mol. The summed E-state index contributed by atoms with van der Waals surface area (Å²) in [7, 11) is 0. The fourth-order valence-electron chi connectivity index (χ4n) is 0.494. The Hall–Kier alpha value is -0.340. The van der Waals surface area contributed by atoms with Gasteiger partial charge in [0.05, 0.1) is 6.10 Å². The molecular formula is C7H15NO. The summed E-state index contributed by atoms with van der Waals surface area (Å²) in [5.41, 5.74) is 1.09. The second-order valence-corrected chi connectivity index (χ2v) is 2.44. The topological polar surface area (TPSA) is 32.3 Å². The first-order chi connectivity index (χ1) is 4.13. The Morgan fingerprint density at radius 3 is 2.67 bits per heavy atom. The highest BCUT2D eigenvalue weighted by Crippen LogP contribution is 1.81. The number of nitrogens with one attached hydrogen (secondary N) is 1. The van der Waals surface area contributed by atoms with E-state index >= 15 is 0 Å². The zero-order valence-electron chi connectivity index (χ0n) is 6.15. The Morgan fingerprint density at radius 1 is 1.78 bits per heavy atom. The van der Waals surface area contributed by atoms with E-state index in [1.165, 1.54) is 0 Å². The molecule has 0 fully saturated rings. The molecule has 2 N–H and O–H groups in total. The molecule has 0 aliphatic heterocycles. The lowest BCUT2D eigenvalue weighted by Gasteiger charge is -2.04. The molecule has 1 atom stereocenters. The van der Waals surface area contributed by atoms with Crippen LogP contribution in [0.2, 0.25) is 0 Å². The molecule has 9 heavy (non-hydrogen) atoms. The van der Waals surface area contributed by atoms with Crippen LogP contribution in [0.3, 0.4) is 0 Å². The third-order valence-corrected chi connectivity index (χ3v) is 0.867. The molecule has 0 rings (SSSR count). The van der Waals surface area contributed by atoms with Crippen LogP contribution in [0.25, 0.3) is 0 Å². The number of aliphatic hydroxyl groups is 1. The maximum Gasteiger partial charge on any atom is 0.0636 e. The van der Waals surface area contributed by atoms with Crippen LogP contribution >= 0.6 is 0 Å². The van der Waals surface area contributed by atoms with Gasteiger partial charge in [-0.1, -0.05) is 12.2 Å². The second kappa shape index (κ2) is 4.53. The van der Waals surface area contributed by atoms with E-state index in [0.717, 1.165) is 12.1 Å². The zero-order chi connectivity index (χ0) is 7.28. The van der Waals surface area contributed by atoms with E-state index in [1.54, 1.807) is 6.92 Å². The first-order valence-corrected chi connectivity index (χ1v) is 3.16. The zero-order valence-corrected chi connectivity index (χ0v) is 6.15. The largest absolute Gasteiger partial charge is 0.392 e. The molecule has 54 valence electrons. The van der Waals surface area contributed by atoms with Gasteiger partial charge in [0.2, 0.25) is 0 Å². The number of hydrogen-bond donors (Lipinski definition) is 2. The Morgan fingerprint density at radius 2 is 2.33 bits per heavy atom. The van der Waals surface area contributed by atoms with Crippen LogP contribution in [0.1, 0.15) is 13.8 Å². The van der Waals surface area contributed by atoms with E-state index in [2.05, 4.69) is 11.9 Å². The van der Waals surface area contributed by atoms with Crippen LogP contribution in [-0.2, 0) is 0 Å². The van der Waals surface area contributed by atoms with Crippen LogP contribution in [-0.4, -0.2) is 24.3 Å². The van der Waals surface area contributed by atoms with E-state index in [1.807, 2.05) is 6.92 Å². The minimum atomic E-state index is -0.260. The van der Waals surface area contributed by atoms with Crippen molar-refractivity contribution < 1.29 is 5.11 Å². The van der Waals surface area contributed by atoms with Crippen molar-refractivity contribution in [2.75, 3.05) is 13.1 Å². The average molecular weight is 129 g/mol. The summed E-state index contributed by atoms with van der Waals surface area (Å²) in [6.45, 7) is 8.86. The van der Waals surface area contributed by atoms with Gasteiger partial charge in [-0.3, -0.25) is 0 Å². The molecule has 0 aromatic rings. The van der Waals surface area contributed by atoms with Crippen molar-refractivity contribution in [1.29, 1.82) is 0 Å². The van der Waals surface area contributed by atoms with Crippen molar-refractivity contribution in [1.82, 2.24) is 5.32 Å². The third-order valence-electron chi connectivity index (χ3n) is 0.867. The summed E-state index contributed by atoms with van der Waals surface area (Å²) >= 11 is 0. The highest BCUT2D eigenvalue weighted by Gasteiger charge is 1.91. The number of aliphatic hydroxyl groups excluding tert-OH is 1. The van der Waals surface area contributed by atoms with E-state index in [-0.39, 0.29) is 6.10 Å². The molecule has 0 saturated carbocycles. The monoisotopic (exact) mass is 129 g/mol. The molecular weight excluding hydrogens is 114 g/mol. The van der Waals surface area contributed by atoms with Gasteiger partial charge in [-0.15, -0.1) is 0 Å². The first kappa shape index (κ1) is 8.66. The lowest BCUT2D eigenvalue weighted by atomic mass is 10.3. The van der Waals surface area contributed by atoms with E-state index in [0.29, 0.717) is 6.54 Å². The smallest absolute Gasteiger partial charge is 0.0636 e. The van der Waals surface area contributed by atoms with Gasteiger partial charge in [-0.05, 0) is 13.8 Å². The first-order valence-electron chi connectivity index (χ1n) is 3.16. The standard InChI is InChI=1S/C7H15NO/c1-6(2)4-8-5-7(3)9/h7-9H,1,4-5H2,2-3H3. The Kier molecular flexibility index (Phi) is 4.36. The second-order valence-electron chi connectivity index (χ2n) is 2.44. The van der Waals surface area contributed by atoms with Crippen molar-refractivity contribution in [2.24, 2.45) is 0 Å². The highest BCUT2D eigenvalue weighted by molar-refractivity contribution is 4.90. The highest BCUT2D eigenvalue weighted by atomic mass is 16.3. The predicted octanol–water partition coefficient (Wildman–Crippen LogP) is 0.533. The van der Waals surface area contributed by atoms with Gasteiger partial charge < -0.3 is 10.4 Å². The normalized spacial score (nSPS) is 13.2. The molecule has 2 heteroatoms. The summed E-state index contributed by atoms with van der Waals surface area (Å²) in [5.74, 6) is 0. The van der Waals surface area contributed by atoms with Gasteiger partial charge in [0.25, 0.3) is 0 Å². The minimum Gasteiger partial charge on any atom is -0.392 e. The summed E-state index contributed by atoms with van der Waals surface area (Å²) in [6.07, 6.45) is -0.260. The lowest BCUT2D eigenvalue weighted by Crippen LogP contribution is -2.25. The molecule has 0 aliphatic carbocycles. The quantitative estimate of drug-likeness (QED) is 0.543. The molecule has 0 saturated heterocycles. The van der Waals surface area contributed by atoms with Gasteiger partial charge in [0.1, 0.15) is 0 Å². The van der Waals surface area contributed by atoms with Crippen molar-refractivity contribution in [3.63, 3.8) is 0 Å². The summed E-state index contributed by atoms with van der Waals surface area (Å²) in [5, 5.41) is 11.8. The molecule has 0 radical (unpaired) electrons. The fraction of sp³-hybridized carbons (Fsp3) is 0.714. The van der Waals surface area contributed by atoms with Crippen LogP contribution < -0.4 is 5.32 Å². The van der Waals surface area contributed by atoms with E-state index in [9.17, 15) is 0 Å². The summed E-state index contributed by atoms with van der Waals surface area (Å²) in [4.78, 5) is 0. The molecule has 0 heterocycles. The molecule has 2 nitrogen and oxygen atoms in total. The van der Waals surface area contributed by atoms with Crippen LogP contribution in [0.4, 0.5) is 0 Å². The van der Waals surface area contributed by atoms with E-state index in [4.69, 9.17) is 5.11 Å². The number of hydrogen-bond acceptors (Lipinski definition) is 2. The maximum atomic E-state index is 8.77. The van der Waals surface area contributed by atoms with Crippen molar-refractivity contribution >= 4 is 0 Å². The van der Waals surface area contributed by atoms with Gasteiger partial charge in [-0.25, -0.2) is 0 Å².